The van der Waals surface area contributed by atoms with Crippen molar-refractivity contribution in [2.45, 2.75) is 20.8 Å². The fraction of sp³-hybridized carbons (Fsp3) is 0.226. The zero-order chi connectivity index (χ0) is 30.5. The number of ether oxygens (including phenoxy) is 4. The molecule has 11 nitrogen and oxygen atoms in total. The predicted molar refractivity (Wildman–Crippen MR) is 162 cm³/mol. The Labute approximate surface area is 252 Å². The van der Waals surface area contributed by atoms with Crippen LogP contribution in [0.15, 0.2) is 59.5 Å². The fourth-order valence-electron chi connectivity index (χ4n) is 4.27. The Morgan fingerprint density at radius 2 is 1.63 bits per heavy atom. The Morgan fingerprint density at radius 1 is 0.884 bits per heavy atom. The van der Waals surface area contributed by atoms with Gasteiger partial charge in [0, 0.05) is 17.4 Å². The normalized spacial score (nSPS) is 14.7. The van der Waals surface area contributed by atoms with Crippen LogP contribution in [-0.4, -0.2) is 54.4 Å². The van der Waals surface area contributed by atoms with Crippen molar-refractivity contribution in [3.05, 3.63) is 76.2 Å². The monoisotopic (exact) mass is 603 g/mol. The number of carbonyl (C=O) groups excluding carboxylic acids is 4. The molecule has 0 unspecified atom stereocenters. The maximum absolute atomic E-state index is 13.0. The highest BCUT2D eigenvalue weighted by atomic mass is 32.2. The van der Waals surface area contributed by atoms with E-state index in [-0.39, 0.29) is 24.2 Å². The minimum absolute atomic E-state index is 0.100. The first-order valence-corrected chi connectivity index (χ1v) is 14.2. The van der Waals surface area contributed by atoms with E-state index in [1.807, 2.05) is 39.0 Å². The van der Waals surface area contributed by atoms with E-state index >= 15 is 0 Å². The number of hydrogen-bond acceptors (Lipinski definition) is 9. The minimum Gasteiger partial charge on any atom is -0.490 e. The average molecular weight is 604 g/mol. The summed E-state index contributed by atoms with van der Waals surface area (Å²) in [6.07, 6.45) is 1.54. The summed E-state index contributed by atoms with van der Waals surface area (Å²) in [6, 6.07) is 15.5. The van der Waals surface area contributed by atoms with Crippen molar-refractivity contribution < 1.29 is 38.1 Å². The van der Waals surface area contributed by atoms with Gasteiger partial charge < -0.3 is 29.6 Å². The molecule has 2 aliphatic rings. The molecule has 0 aliphatic carbocycles. The first-order valence-electron chi connectivity index (χ1n) is 13.4. The lowest BCUT2D eigenvalue weighted by Gasteiger charge is -2.13. The molecule has 0 bridgehead atoms. The lowest BCUT2D eigenvalue weighted by Crippen LogP contribution is -2.36. The number of nitrogens with zero attached hydrogens (tertiary/aromatic N) is 1. The van der Waals surface area contributed by atoms with Crippen molar-refractivity contribution in [3.8, 4) is 23.0 Å². The average Bonchev–Trinajstić information content (AvgIpc) is 3.54. The van der Waals surface area contributed by atoms with Gasteiger partial charge in [-0.3, -0.25) is 24.1 Å². The van der Waals surface area contributed by atoms with Gasteiger partial charge >= 0.3 is 0 Å². The molecule has 222 valence electrons. The zero-order valence-electron chi connectivity index (χ0n) is 23.7. The Bertz CT molecular complexity index is 1640. The lowest BCUT2D eigenvalue weighted by molar-refractivity contribution is -0.127. The van der Waals surface area contributed by atoms with Gasteiger partial charge in [-0.05, 0) is 91.7 Å². The third-order valence-corrected chi connectivity index (χ3v) is 7.45. The first kappa shape index (κ1) is 29.5. The van der Waals surface area contributed by atoms with Gasteiger partial charge in [-0.15, -0.1) is 0 Å². The van der Waals surface area contributed by atoms with Crippen LogP contribution in [0.2, 0.25) is 0 Å². The second kappa shape index (κ2) is 12.9. The molecule has 0 saturated carbocycles. The molecule has 0 atom stereocenters. The molecule has 2 aliphatic heterocycles. The number of anilines is 2. The molecule has 2 heterocycles. The van der Waals surface area contributed by atoms with Crippen LogP contribution < -0.4 is 29.6 Å². The molecule has 43 heavy (non-hydrogen) atoms. The van der Waals surface area contributed by atoms with Crippen LogP contribution in [0.25, 0.3) is 6.08 Å². The summed E-state index contributed by atoms with van der Waals surface area (Å²) in [5.41, 5.74) is 3.89. The molecule has 1 fully saturated rings. The third-order valence-electron chi connectivity index (χ3n) is 6.55. The Kier molecular flexibility index (Phi) is 8.86. The Hall–Kier alpha value is -4.97. The van der Waals surface area contributed by atoms with E-state index < -0.39 is 23.6 Å². The minimum atomic E-state index is -0.586. The number of thioether (sulfide) groups is 1. The number of carbonyl (C=O) groups is 4. The summed E-state index contributed by atoms with van der Waals surface area (Å²) in [5, 5.41) is 4.91. The van der Waals surface area contributed by atoms with Crippen LogP contribution in [0.4, 0.5) is 16.2 Å². The summed E-state index contributed by atoms with van der Waals surface area (Å²) >= 11 is 0.738. The molecule has 3 aromatic carbocycles. The van der Waals surface area contributed by atoms with E-state index in [4.69, 9.17) is 18.9 Å². The van der Waals surface area contributed by atoms with Crippen molar-refractivity contribution in [1.29, 1.82) is 0 Å². The molecular weight excluding hydrogens is 574 g/mol. The second-order valence-electron chi connectivity index (χ2n) is 9.66. The highest BCUT2D eigenvalue weighted by Crippen LogP contribution is 2.36. The van der Waals surface area contributed by atoms with E-state index in [2.05, 4.69) is 10.6 Å². The van der Waals surface area contributed by atoms with Gasteiger partial charge in [0.2, 0.25) is 12.7 Å². The molecule has 4 amide bonds. The van der Waals surface area contributed by atoms with Crippen molar-refractivity contribution in [3.63, 3.8) is 0 Å². The topological polar surface area (TPSA) is 133 Å². The van der Waals surface area contributed by atoms with Crippen LogP contribution in [0.5, 0.6) is 23.0 Å². The van der Waals surface area contributed by atoms with Crippen LogP contribution in [0, 0.1) is 13.8 Å². The highest BCUT2D eigenvalue weighted by Gasteiger charge is 2.36. The smallest absolute Gasteiger partial charge is 0.294 e. The zero-order valence-corrected chi connectivity index (χ0v) is 24.5. The molecule has 1 saturated heterocycles. The quantitative estimate of drug-likeness (QED) is 0.303. The summed E-state index contributed by atoms with van der Waals surface area (Å²) < 4.78 is 22.0. The van der Waals surface area contributed by atoms with Crippen LogP contribution in [0.3, 0.4) is 0 Å². The van der Waals surface area contributed by atoms with E-state index in [9.17, 15) is 19.2 Å². The maximum Gasteiger partial charge on any atom is 0.294 e. The SMILES string of the molecule is CCOc1cc(/C=C2/SC(=O)N(CC(=O)Nc3ccc4c(c3)OCO4)C2=O)ccc1OCC(=O)Nc1ccc(C)c(C)c1. The van der Waals surface area contributed by atoms with Crippen molar-refractivity contribution in [2.24, 2.45) is 0 Å². The number of rotatable bonds is 10. The standard InChI is InChI=1S/C31H29N3O8S/c1-4-39-25-12-20(6-9-23(25)40-16-29(36)33-21-7-5-18(2)19(3)11-21)13-27-30(37)34(31(38)43-27)15-28(35)32-22-8-10-24-26(14-22)42-17-41-24/h5-14H,4,15-17H2,1-3H3,(H,32,35)(H,33,36)/b27-13+. The van der Waals surface area contributed by atoms with Crippen molar-refractivity contribution in [2.75, 3.05) is 37.2 Å². The van der Waals surface area contributed by atoms with Gasteiger partial charge in [0.05, 0.1) is 11.5 Å². The van der Waals surface area contributed by atoms with Gasteiger partial charge in [0.1, 0.15) is 6.54 Å². The van der Waals surface area contributed by atoms with E-state index in [0.717, 1.165) is 27.8 Å². The van der Waals surface area contributed by atoms with Crippen LogP contribution in [-0.2, 0) is 14.4 Å². The van der Waals surface area contributed by atoms with Crippen LogP contribution >= 0.6 is 11.8 Å². The molecule has 0 aromatic heterocycles. The number of nitrogens with one attached hydrogen (secondary N) is 2. The summed E-state index contributed by atoms with van der Waals surface area (Å²) in [6.45, 7) is 5.53. The molecular formula is C31H29N3O8S. The van der Waals surface area contributed by atoms with Crippen molar-refractivity contribution >= 4 is 52.2 Å². The van der Waals surface area contributed by atoms with Crippen molar-refractivity contribution in [1.82, 2.24) is 4.90 Å². The molecule has 5 rings (SSSR count). The van der Waals surface area contributed by atoms with Gasteiger partial charge in [0.25, 0.3) is 17.1 Å². The lowest BCUT2D eigenvalue weighted by atomic mass is 10.1. The second-order valence-corrected chi connectivity index (χ2v) is 10.7. The number of amides is 4. The third kappa shape index (κ3) is 7.09. The number of hydrogen-bond donors (Lipinski definition) is 2. The number of imide groups is 1. The van der Waals surface area contributed by atoms with Gasteiger partial charge in [-0.1, -0.05) is 12.1 Å². The molecule has 3 aromatic rings. The Morgan fingerprint density at radius 3 is 2.42 bits per heavy atom. The number of fused-ring (bicyclic) bond motifs is 1. The number of benzene rings is 3. The Balaban J connectivity index is 1.21. The van der Waals surface area contributed by atoms with Gasteiger partial charge in [0.15, 0.2) is 29.6 Å². The predicted octanol–water partition coefficient (Wildman–Crippen LogP) is 5.12. The summed E-state index contributed by atoms with van der Waals surface area (Å²) in [4.78, 5) is 51.7. The highest BCUT2D eigenvalue weighted by molar-refractivity contribution is 8.18. The maximum atomic E-state index is 13.0. The number of aryl methyl sites for hydroxylation is 2. The molecule has 12 heteroatoms. The fourth-order valence-corrected chi connectivity index (χ4v) is 5.11. The molecule has 0 spiro atoms. The van der Waals surface area contributed by atoms with E-state index in [1.54, 1.807) is 42.5 Å². The molecule has 2 N–H and O–H groups in total. The van der Waals surface area contributed by atoms with Gasteiger partial charge in [-0.25, -0.2) is 0 Å². The molecule has 0 radical (unpaired) electrons. The largest absolute Gasteiger partial charge is 0.490 e. The van der Waals surface area contributed by atoms with Crippen LogP contribution in [0.1, 0.15) is 23.6 Å². The van der Waals surface area contributed by atoms with E-state index in [1.165, 1.54) is 0 Å². The summed E-state index contributed by atoms with van der Waals surface area (Å²) in [7, 11) is 0. The summed E-state index contributed by atoms with van der Waals surface area (Å²) in [5.74, 6) is 0.336. The first-order chi connectivity index (χ1) is 20.7. The van der Waals surface area contributed by atoms with Gasteiger partial charge in [-0.2, -0.15) is 0 Å². The van der Waals surface area contributed by atoms with E-state index in [0.29, 0.717) is 46.5 Å².